The summed E-state index contributed by atoms with van der Waals surface area (Å²) in [6, 6.07) is 2.53. The molecule has 0 radical (unpaired) electrons. The first-order valence-corrected chi connectivity index (χ1v) is 7.76. The number of halogens is 5. The molecule has 0 aromatic heterocycles. The highest BCUT2D eigenvalue weighted by Crippen LogP contribution is 2.42. The van der Waals surface area contributed by atoms with E-state index in [1.165, 1.54) is 0 Å². The van der Waals surface area contributed by atoms with E-state index in [0.29, 0.717) is 5.92 Å². The summed E-state index contributed by atoms with van der Waals surface area (Å²) >= 11 is 0. The molecule has 1 aliphatic heterocycles. The molecule has 2 nitrogen and oxygen atoms in total. The molecule has 0 amide bonds. The molecule has 1 saturated heterocycles. The maximum atomic E-state index is 14.2. The molecule has 1 saturated carbocycles. The van der Waals surface area contributed by atoms with Crippen LogP contribution >= 0.6 is 12.4 Å². The number of hydrogen-bond donors (Lipinski definition) is 1. The Labute approximate surface area is 139 Å². The van der Waals surface area contributed by atoms with Crippen LogP contribution in [0.4, 0.5) is 17.6 Å². The van der Waals surface area contributed by atoms with E-state index in [1.807, 2.05) is 0 Å². The van der Waals surface area contributed by atoms with Crippen molar-refractivity contribution in [3.05, 3.63) is 35.1 Å². The largest absolute Gasteiger partial charge is 0.416 e. The second kappa shape index (κ2) is 7.36. The summed E-state index contributed by atoms with van der Waals surface area (Å²) in [4.78, 5) is 2.12. The SMILES string of the molecule is Cl.Fc1ccc(C(F)(F)F)cc1[C@H](CC1CC1)N1CCNCC1. The molecule has 1 N–H and O–H groups in total. The molecule has 1 aliphatic carbocycles. The highest BCUT2D eigenvalue weighted by Gasteiger charge is 2.35. The van der Waals surface area contributed by atoms with E-state index in [4.69, 9.17) is 0 Å². The van der Waals surface area contributed by atoms with E-state index < -0.39 is 17.6 Å². The van der Waals surface area contributed by atoms with Gasteiger partial charge in [-0.2, -0.15) is 13.2 Å². The van der Waals surface area contributed by atoms with Crippen LogP contribution in [-0.2, 0) is 6.18 Å². The van der Waals surface area contributed by atoms with Gasteiger partial charge in [-0.1, -0.05) is 12.8 Å². The summed E-state index contributed by atoms with van der Waals surface area (Å²) in [5.41, 5.74) is -0.566. The zero-order valence-corrected chi connectivity index (χ0v) is 13.5. The van der Waals surface area contributed by atoms with Crippen LogP contribution < -0.4 is 5.32 Å². The third-order valence-electron chi connectivity index (χ3n) is 4.53. The molecule has 7 heteroatoms. The molecule has 1 heterocycles. The van der Waals surface area contributed by atoms with Crippen LogP contribution in [-0.4, -0.2) is 31.1 Å². The van der Waals surface area contributed by atoms with Crippen LogP contribution in [0.25, 0.3) is 0 Å². The van der Waals surface area contributed by atoms with Gasteiger partial charge in [0.2, 0.25) is 0 Å². The zero-order chi connectivity index (χ0) is 15.7. The van der Waals surface area contributed by atoms with Crippen molar-refractivity contribution >= 4 is 12.4 Å². The molecule has 2 fully saturated rings. The summed E-state index contributed by atoms with van der Waals surface area (Å²) in [6.45, 7) is 3.07. The lowest BCUT2D eigenvalue weighted by atomic mass is 9.96. The van der Waals surface area contributed by atoms with Gasteiger partial charge in [0.05, 0.1) is 5.56 Å². The van der Waals surface area contributed by atoms with Gasteiger partial charge in [0.15, 0.2) is 0 Å². The lowest BCUT2D eigenvalue weighted by Gasteiger charge is -2.35. The Morgan fingerprint density at radius 1 is 1.17 bits per heavy atom. The maximum Gasteiger partial charge on any atom is 0.416 e. The first-order valence-electron chi connectivity index (χ1n) is 7.76. The van der Waals surface area contributed by atoms with Crippen molar-refractivity contribution in [1.29, 1.82) is 0 Å². The standard InChI is InChI=1S/C16H20F4N2.ClH/c17-14-4-3-12(16(18,19)20)10-13(14)15(9-11-1-2-11)22-7-5-21-6-8-22;/h3-4,10-11,15,21H,1-2,5-9H2;1H/t15-;/m0./s1. The molecule has 0 unspecified atom stereocenters. The molecular weight excluding hydrogens is 332 g/mol. The number of nitrogens with zero attached hydrogens (tertiary/aromatic N) is 1. The van der Waals surface area contributed by atoms with Crippen molar-refractivity contribution in [2.45, 2.75) is 31.5 Å². The van der Waals surface area contributed by atoms with Crippen molar-refractivity contribution in [3.63, 3.8) is 0 Å². The first-order chi connectivity index (χ1) is 10.4. The van der Waals surface area contributed by atoms with Gasteiger partial charge in [0.1, 0.15) is 5.82 Å². The summed E-state index contributed by atoms with van der Waals surface area (Å²) in [5.74, 6) is -0.00832. The minimum atomic E-state index is -4.43. The third-order valence-corrected chi connectivity index (χ3v) is 4.53. The van der Waals surface area contributed by atoms with Gasteiger partial charge >= 0.3 is 6.18 Å². The summed E-state index contributed by atoms with van der Waals surface area (Å²) < 4.78 is 53.0. The second-order valence-electron chi connectivity index (χ2n) is 6.21. The quantitative estimate of drug-likeness (QED) is 0.824. The van der Waals surface area contributed by atoms with Crippen LogP contribution in [0.2, 0.25) is 0 Å². The fourth-order valence-corrected chi connectivity index (χ4v) is 3.11. The fraction of sp³-hybridized carbons (Fsp3) is 0.625. The molecular formula is C16H21ClF4N2. The van der Waals surface area contributed by atoms with Crippen LogP contribution in [0.5, 0.6) is 0 Å². The molecule has 1 aromatic rings. The lowest BCUT2D eigenvalue weighted by Crippen LogP contribution is -2.45. The van der Waals surface area contributed by atoms with Gasteiger partial charge in [-0.05, 0) is 30.5 Å². The molecule has 0 bridgehead atoms. The molecule has 0 spiro atoms. The van der Waals surface area contributed by atoms with E-state index in [2.05, 4.69) is 10.2 Å². The van der Waals surface area contributed by atoms with Gasteiger partial charge < -0.3 is 5.32 Å². The van der Waals surface area contributed by atoms with Gasteiger partial charge in [-0.15, -0.1) is 12.4 Å². The molecule has 2 aliphatic rings. The van der Waals surface area contributed by atoms with E-state index in [0.717, 1.165) is 63.6 Å². The Morgan fingerprint density at radius 3 is 2.39 bits per heavy atom. The molecule has 1 aromatic carbocycles. The zero-order valence-electron chi connectivity index (χ0n) is 12.7. The first kappa shape index (κ1) is 18.5. The van der Waals surface area contributed by atoms with Crippen LogP contribution in [0.3, 0.4) is 0 Å². The van der Waals surface area contributed by atoms with Crippen LogP contribution in [0, 0.1) is 11.7 Å². The van der Waals surface area contributed by atoms with Crippen LogP contribution in [0.15, 0.2) is 18.2 Å². The van der Waals surface area contributed by atoms with E-state index in [-0.39, 0.29) is 24.0 Å². The van der Waals surface area contributed by atoms with Crippen molar-refractivity contribution < 1.29 is 17.6 Å². The van der Waals surface area contributed by atoms with Crippen molar-refractivity contribution in [2.75, 3.05) is 26.2 Å². The average molecular weight is 353 g/mol. The minimum Gasteiger partial charge on any atom is -0.314 e. The number of nitrogens with one attached hydrogen (secondary N) is 1. The predicted octanol–water partition coefficient (Wildman–Crippen LogP) is 4.01. The fourth-order valence-electron chi connectivity index (χ4n) is 3.11. The number of hydrogen-bond acceptors (Lipinski definition) is 2. The monoisotopic (exact) mass is 352 g/mol. The molecule has 130 valence electrons. The highest BCUT2D eigenvalue weighted by atomic mass is 35.5. The lowest BCUT2D eigenvalue weighted by molar-refractivity contribution is -0.137. The van der Waals surface area contributed by atoms with Gasteiger partial charge in [0, 0.05) is 37.8 Å². The Morgan fingerprint density at radius 2 is 1.83 bits per heavy atom. The van der Waals surface area contributed by atoms with Gasteiger partial charge in [-0.3, -0.25) is 4.90 Å². The number of alkyl halides is 3. The van der Waals surface area contributed by atoms with Crippen molar-refractivity contribution in [2.24, 2.45) is 5.92 Å². The summed E-state index contributed by atoms with van der Waals surface area (Å²) in [5, 5.41) is 3.22. The Balaban J connectivity index is 0.00000192. The second-order valence-corrected chi connectivity index (χ2v) is 6.21. The summed E-state index contributed by atoms with van der Waals surface area (Å²) in [6.07, 6.45) is -1.49. The van der Waals surface area contributed by atoms with Crippen molar-refractivity contribution in [1.82, 2.24) is 10.2 Å². The molecule has 23 heavy (non-hydrogen) atoms. The number of rotatable bonds is 4. The van der Waals surface area contributed by atoms with Gasteiger partial charge in [0.25, 0.3) is 0 Å². The van der Waals surface area contributed by atoms with E-state index in [9.17, 15) is 17.6 Å². The van der Waals surface area contributed by atoms with E-state index >= 15 is 0 Å². The Kier molecular flexibility index (Phi) is 5.92. The summed E-state index contributed by atoms with van der Waals surface area (Å²) in [7, 11) is 0. The maximum absolute atomic E-state index is 14.2. The highest BCUT2D eigenvalue weighted by molar-refractivity contribution is 5.85. The number of piperazine rings is 1. The predicted molar refractivity (Wildman–Crippen MR) is 83.2 cm³/mol. The minimum absolute atomic E-state index is 0. The van der Waals surface area contributed by atoms with Crippen LogP contribution in [0.1, 0.15) is 36.4 Å². The smallest absolute Gasteiger partial charge is 0.314 e. The van der Waals surface area contributed by atoms with E-state index in [1.54, 1.807) is 0 Å². The molecule has 3 rings (SSSR count). The average Bonchev–Trinajstić information content (AvgIpc) is 3.29. The normalized spacial score (nSPS) is 20.9. The molecule has 1 atom stereocenters. The van der Waals surface area contributed by atoms with Gasteiger partial charge in [-0.25, -0.2) is 4.39 Å². The third kappa shape index (κ3) is 4.58. The Bertz CT molecular complexity index is 525. The Hall–Kier alpha value is -0.850. The van der Waals surface area contributed by atoms with Crippen molar-refractivity contribution in [3.8, 4) is 0 Å². The number of benzene rings is 1. The topological polar surface area (TPSA) is 15.3 Å².